The molecule has 2 fully saturated rings. The van der Waals surface area contributed by atoms with Crippen molar-refractivity contribution in [2.24, 2.45) is 11.7 Å². The number of carbonyl (C=O) groups excluding carboxylic acids is 1. The zero-order chi connectivity index (χ0) is 24.9. The van der Waals surface area contributed by atoms with Gasteiger partial charge in [-0.1, -0.05) is 43.5 Å². The average Bonchev–Trinajstić information content (AvgIpc) is 3.25. The lowest BCUT2D eigenvalue weighted by atomic mass is 9.89. The van der Waals surface area contributed by atoms with Crippen LogP contribution in [-0.4, -0.2) is 29.7 Å². The predicted molar refractivity (Wildman–Crippen MR) is 147 cm³/mol. The predicted octanol–water partition coefficient (Wildman–Crippen LogP) is 6.22. The van der Waals surface area contributed by atoms with Crippen molar-refractivity contribution in [3.63, 3.8) is 0 Å². The number of methoxy groups -OCH3 is 1. The van der Waals surface area contributed by atoms with E-state index in [2.05, 4.69) is 46.4 Å². The maximum Gasteiger partial charge on any atom is 0.220 e. The van der Waals surface area contributed by atoms with Gasteiger partial charge < -0.3 is 20.4 Å². The third kappa shape index (κ3) is 5.78. The van der Waals surface area contributed by atoms with Crippen molar-refractivity contribution in [2.45, 2.75) is 89.3 Å². The van der Waals surface area contributed by atoms with E-state index in [-0.39, 0.29) is 11.9 Å². The van der Waals surface area contributed by atoms with Crippen molar-refractivity contribution < 1.29 is 9.53 Å². The molecular formula is C31H41N3O2. The first-order valence-corrected chi connectivity index (χ1v) is 13.9. The number of hydrogen-bond donors (Lipinski definition) is 2. The van der Waals surface area contributed by atoms with Crippen LogP contribution in [-0.2, 0) is 17.8 Å². The molecule has 0 bridgehead atoms. The molecule has 5 heteroatoms. The van der Waals surface area contributed by atoms with Crippen LogP contribution in [0.5, 0.6) is 5.75 Å². The third-order valence-corrected chi connectivity index (χ3v) is 8.32. The fourth-order valence-electron chi connectivity index (χ4n) is 6.23. The van der Waals surface area contributed by atoms with Gasteiger partial charge in [0.25, 0.3) is 0 Å². The van der Waals surface area contributed by atoms with E-state index in [0.717, 1.165) is 61.4 Å². The van der Waals surface area contributed by atoms with Gasteiger partial charge in [-0.05, 0) is 80.2 Å². The van der Waals surface area contributed by atoms with Crippen LogP contribution < -0.4 is 15.8 Å². The van der Waals surface area contributed by atoms with E-state index in [1.165, 1.54) is 48.6 Å². The van der Waals surface area contributed by atoms with E-state index in [1.807, 2.05) is 12.1 Å². The summed E-state index contributed by atoms with van der Waals surface area (Å²) in [7, 11) is 1.72. The number of fused-ring (bicyclic) bond motifs is 1. The summed E-state index contributed by atoms with van der Waals surface area (Å²) in [5.74, 6) is 1.79. The summed E-state index contributed by atoms with van der Waals surface area (Å²) in [5, 5.41) is 4.52. The number of carbonyl (C=O) groups is 1. The molecule has 2 aliphatic rings. The standard InChI is InChI=1S/C31H41N3O2/c1-36-30-10-6-5-9-27(30)23-11-17-29-28(19-23)24(21-34(29)20-22-7-3-2-4-8-22)12-18-31(35)33-26-15-13-25(32)14-16-26/h5-6,9-11,17,19,21-22,25-26H,2-4,7-8,12-16,18,20,32H2,1H3,(H,33,35)/t25-,26-. The van der Waals surface area contributed by atoms with Gasteiger partial charge in [-0.25, -0.2) is 0 Å². The summed E-state index contributed by atoms with van der Waals surface area (Å²) < 4.78 is 8.09. The first-order valence-electron chi connectivity index (χ1n) is 13.9. The Kier molecular flexibility index (Phi) is 7.96. The number of ether oxygens (including phenoxy) is 1. The Morgan fingerprint density at radius 2 is 1.81 bits per heavy atom. The van der Waals surface area contributed by atoms with E-state index in [4.69, 9.17) is 10.5 Å². The summed E-state index contributed by atoms with van der Waals surface area (Å²) in [6, 6.07) is 15.5. The highest BCUT2D eigenvalue weighted by Crippen LogP contribution is 2.35. The molecule has 36 heavy (non-hydrogen) atoms. The van der Waals surface area contributed by atoms with E-state index in [9.17, 15) is 4.79 Å². The molecule has 2 aliphatic carbocycles. The number of hydrogen-bond acceptors (Lipinski definition) is 3. The zero-order valence-corrected chi connectivity index (χ0v) is 21.7. The summed E-state index contributed by atoms with van der Waals surface area (Å²) in [5.41, 5.74) is 10.8. The van der Waals surface area contributed by atoms with Crippen LogP contribution in [0.2, 0.25) is 0 Å². The van der Waals surface area contributed by atoms with Crippen LogP contribution >= 0.6 is 0 Å². The molecule has 0 aliphatic heterocycles. The number of aryl methyl sites for hydroxylation is 1. The van der Waals surface area contributed by atoms with Gasteiger partial charge in [0.2, 0.25) is 5.91 Å². The molecule has 5 nitrogen and oxygen atoms in total. The van der Waals surface area contributed by atoms with Crippen molar-refractivity contribution in [3.8, 4) is 16.9 Å². The molecule has 3 N–H and O–H groups in total. The fraction of sp³-hybridized carbons (Fsp3) is 0.516. The Balaban J connectivity index is 1.39. The lowest BCUT2D eigenvalue weighted by molar-refractivity contribution is -0.122. The molecule has 0 atom stereocenters. The second kappa shape index (κ2) is 11.5. The van der Waals surface area contributed by atoms with Crippen molar-refractivity contribution in [2.75, 3.05) is 7.11 Å². The second-order valence-electron chi connectivity index (χ2n) is 10.9. The molecule has 1 amide bonds. The van der Waals surface area contributed by atoms with Crippen molar-refractivity contribution in [3.05, 3.63) is 54.2 Å². The van der Waals surface area contributed by atoms with Crippen LogP contribution in [0.25, 0.3) is 22.0 Å². The van der Waals surface area contributed by atoms with Crippen molar-refractivity contribution >= 4 is 16.8 Å². The number of nitrogens with zero attached hydrogens (tertiary/aromatic N) is 1. The summed E-state index contributed by atoms with van der Waals surface area (Å²) in [6.07, 6.45) is 14.3. The lowest BCUT2D eigenvalue weighted by Crippen LogP contribution is -2.40. The zero-order valence-electron chi connectivity index (χ0n) is 21.7. The van der Waals surface area contributed by atoms with Crippen molar-refractivity contribution in [1.82, 2.24) is 9.88 Å². The molecule has 0 saturated heterocycles. The number of nitrogens with two attached hydrogens (primary N) is 1. The first-order chi connectivity index (χ1) is 17.6. The molecule has 3 aromatic rings. The Morgan fingerprint density at radius 3 is 2.58 bits per heavy atom. The van der Waals surface area contributed by atoms with Crippen LogP contribution in [0.15, 0.2) is 48.7 Å². The highest BCUT2D eigenvalue weighted by atomic mass is 16.5. The van der Waals surface area contributed by atoms with E-state index in [0.29, 0.717) is 12.5 Å². The summed E-state index contributed by atoms with van der Waals surface area (Å²) >= 11 is 0. The molecule has 1 aromatic heterocycles. The maximum atomic E-state index is 12.8. The molecule has 0 radical (unpaired) electrons. The molecule has 1 heterocycles. The van der Waals surface area contributed by atoms with Crippen LogP contribution in [0.1, 0.15) is 69.8 Å². The fourth-order valence-corrected chi connectivity index (χ4v) is 6.23. The Labute approximate surface area is 215 Å². The minimum atomic E-state index is 0.157. The largest absolute Gasteiger partial charge is 0.496 e. The van der Waals surface area contributed by atoms with E-state index in [1.54, 1.807) is 7.11 Å². The van der Waals surface area contributed by atoms with Gasteiger partial charge in [-0.2, -0.15) is 0 Å². The van der Waals surface area contributed by atoms with Crippen LogP contribution in [0.3, 0.4) is 0 Å². The number of nitrogens with one attached hydrogen (secondary N) is 1. The molecule has 192 valence electrons. The molecular weight excluding hydrogens is 446 g/mol. The molecule has 5 rings (SSSR count). The minimum absolute atomic E-state index is 0.157. The van der Waals surface area contributed by atoms with E-state index < -0.39 is 0 Å². The average molecular weight is 488 g/mol. The number of para-hydroxylation sites is 1. The molecule has 0 spiro atoms. The van der Waals surface area contributed by atoms with Gasteiger partial charge in [-0.15, -0.1) is 0 Å². The number of benzene rings is 2. The maximum absolute atomic E-state index is 12.8. The lowest BCUT2D eigenvalue weighted by Gasteiger charge is -2.26. The van der Waals surface area contributed by atoms with Crippen molar-refractivity contribution in [1.29, 1.82) is 0 Å². The van der Waals surface area contributed by atoms with Gasteiger partial charge in [0.05, 0.1) is 7.11 Å². The van der Waals surface area contributed by atoms with Gasteiger partial charge in [0.15, 0.2) is 0 Å². The molecule has 2 aromatic carbocycles. The second-order valence-corrected chi connectivity index (χ2v) is 10.9. The highest BCUT2D eigenvalue weighted by Gasteiger charge is 2.21. The first kappa shape index (κ1) is 24.9. The van der Waals surface area contributed by atoms with Gasteiger partial charge in [-0.3, -0.25) is 4.79 Å². The normalized spacial score (nSPS) is 20.9. The molecule has 0 unspecified atom stereocenters. The van der Waals surface area contributed by atoms with Crippen LogP contribution in [0.4, 0.5) is 0 Å². The monoisotopic (exact) mass is 487 g/mol. The van der Waals surface area contributed by atoms with Gasteiger partial charge >= 0.3 is 0 Å². The Bertz CT molecular complexity index is 1170. The highest BCUT2D eigenvalue weighted by molar-refractivity contribution is 5.90. The number of rotatable bonds is 8. The Hall–Kier alpha value is -2.79. The summed E-state index contributed by atoms with van der Waals surface area (Å²) in [4.78, 5) is 12.8. The summed E-state index contributed by atoms with van der Waals surface area (Å²) in [6.45, 7) is 1.07. The van der Waals surface area contributed by atoms with Gasteiger partial charge in [0, 0.05) is 47.7 Å². The quantitative estimate of drug-likeness (QED) is 0.396. The topological polar surface area (TPSA) is 69.3 Å². The third-order valence-electron chi connectivity index (χ3n) is 8.32. The van der Waals surface area contributed by atoms with Gasteiger partial charge in [0.1, 0.15) is 5.75 Å². The number of aromatic nitrogens is 1. The Morgan fingerprint density at radius 1 is 1.03 bits per heavy atom. The smallest absolute Gasteiger partial charge is 0.220 e. The van der Waals surface area contributed by atoms with E-state index >= 15 is 0 Å². The number of amides is 1. The van der Waals surface area contributed by atoms with Crippen LogP contribution in [0, 0.1) is 5.92 Å². The SMILES string of the molecule is COc1ccccc1-c1ccc2c(c1)c(CCC(=O)N[C@H]1CC[C@H](N)CC1)cn2CC1CCCCC1. The minimum Gasteiger partial charge on any atom is -0.496 e. The molecule has 2 saturated carbocycles.